The number of carbonyl (C=O) groups is 2. The summed E-state index contributed by atoms with van der Waals surface area (Å²) in [6, 6.07) is 11.1. The molecule has 1 fully saturated rings. The number of nitrogens with zero attached hydrogens (tertiary/aromatic N) is 3. The quantitative estimate of drug-likeness (QED) is 0.550. The first-order valence-corrected chi connectivity index (χ1v) is 9.96. The molecule has 2 aliphatic rings. The maximum absolute atomic E-state index is 12.7. The molecule has 0 saturated carbocycles. The number of carbonyl (C=O) groups excluding carboxylic acids is 2. The summed E-state index contributed by atoms with van der Waals surface area (Å²) in [5.74, 6) is 0.670. The summed E-state index contributed by atoms with van der Waals surface area (Å²) < 4.78 is 10.5. The fraction of sp³-hybridized carbons (Fsp3) is 0.333. The Hall–Kier alpha value is -3.66. The highest BCUT2D eigenvalue weighted by atomic mass is 16.7. The molecule has 0 radical (unpaired) electrons. The Kier molecular flexibility index (Phi) is 5.99. The second kappa shape index (κ2) is 9.00. The van der Waals surface area contributed by atoms with Gasteiger partial charge in [0.15, 0.2) is 11.5 Å². The number of para-hydroxylation sites is 1. The molecular formula is C21H22N4O6. The van der Waals surface area contributed by atoms with Gasteiger partial charge < -0.3 is 19.7 Å². The van der Waals surface area contributed by atoms with E-state index in [0.29, 0.717) is 56.3 Å². The van der Waals surface area contributed by atoms with Crippen molar-refractivity contribution in [2.75, 3.05) is 46.1 Å². The van der Waals surface area contributed by atoms with Crippen LogP contribution >= 0.6 is 0 Å². The fourth-order valence-corrected chi connectivity index (χ4v) is 3.63. The Bertz CT molecular complexity index is 1000. The highest BCUT2D eigenvalue weighted by Crippen LogP contribution is 2.32. The van der Waals surface area contributed by atoms with E-state index in [9.17, 15) is 19.7 Å². The van der Waals surface area contributed by atoms with Crippen LogP contribution in [0, 0.1) is 10.1 Å². The van der Waals surface area contributed by atoms with E-state index >= 15 is 0 Å². The van der Waals surface area contributed by atoms with Gasteiger partial charge in [0.2, 0.25) is 6.79 Å². The lowest BCUT2D eigenvalue weighted by atomic mass is 10.1. The topological polar surface area (TPSA) is 114 Å². The summed E-state index contributed by atoms with van der Waals surface area (Å²) >= 11 is 0. The highest BCUT2D eigenvalue weighted by molar-refractivity contribution is 5.98. The number of nitrogens with one attached hydrogen (secondary N) is 1. The van der Waals surface area contributed by atoms with Crippen LogP contribution in [0.1, 0.15) is 20.7 Å². The number of piperazine rings is 1. The molecule has 31 heavy (non-hydrogen) atoms. The standard InChI is InChI=1S/C21H22N4O6/c26-20(15-5-6-18-19(13-15)31-14-30-18)22-7-8-23-9-11-24(12-10-23)21(27)16-3-1-2-4-17(16)25(28)29/h1-6,13H,7-12,14H2,(H,22,26). The molecule has 2 amide bonds. The molecule has 0 atom stereocenters. The maximum atomic E-state index is 12.7. The maximum Gasteiger partial charge on any atom is 0.282 e. The number of benzene rings is 2. The zero-order valence-electron chi connectivity index (χ0n) is 16.8. The van der Waals surface area contributed by atoms with Gasteiger partial charge in [0.25, 0.3) is 17.5 Å². The second-order valence-electron chi connectivity index (χ2n) is 7.23. The largest absolute Gasteiger partial charge is 0.454 e. The molecule has 10 heteroatoms. The number of rotatable bonds is 6. The van der Waals surface area contributed by atoms with Gasteiger partial charge in [0.05, 0.1) is 4.92 Å². The van der Waals surface area contributed by atoms with Gasteiger partial charge in [-0.3, -0.25) is 24.6 Å². The Morgan fingerprint density at radius 1 is 1.03 bits per heavy atom. The summed E-state index contributed by atoms with van der Waals surface area (Å²) in [6.45, 7) is 3.47. The van der Waals surface area contributed by atoms with Crippen LogP contribution in [0.3, 0.4) is 0 Å². The lowest BCUT2D eigenvalue weighted by Crippen LogP contribution is -2.50. The number of nitro benzene ring substituents is 1. The van der Waals surface area contributed by atoms with Gasteiger partial charge in [-0.2, -0.15) is 0 Å². The second-order valence-corrected chi connectivity index (χ2v) is 7.23. The van der Waals surface area contributed by atoms with Crippen molar-refractivity contribution in [2.24, 2.45) is 0 Å². The smallest absolute Gasteiger partial charge is 0.282 e. The van der Waals surface area contributed by atoms with Crippen molar-refractivity contribution < 1.29 is 24.0 Å². The minimum atomic E-state index is -0.535. The van der Waals surface area contributed by atoms with Crippen molar-refractivity contribution in [3.63, 3.8) is 0 Å². The zero-order chi connectivity index (χ0) is 21.8. The van der Waals surface area contributed by atoms with Gasteiger partial charge in [0, 0.05) is 50.9 Å². The van der Waals surface area contributed by atoms with Gasteiger partial charge in [-0.05, 0) is 24.3 Å². The number of ether oxygens (including phenoxy) is 2. The molecule has 0 bridgehead atoms. The van der Waals surface area contributed by atoms with Crippen LogP contribution in [0.25, 0.3) is 0 Å². The van der Waals surface area contributed by atoms with Crippen molar-refractivity contribution in [3.8, 4) is 11.5 Å². The predicted molar refractivity (Wildman–Crippen MR) is 110 cm³/mol. The van der Waals surface area contributed by atoms with Crippen molar-refractivity contribution in [1.29, 1.82) is 0 Å². The van der Waals surface area contributed by atoms with Gasteiger partial charge in [0.1, 0.15) is 5.56 Å². The van der Waals surface area contributed by atoms with E-state index in [-0.39, 0.29) is 29.9 Å². The number of amides is 2. The Labute approximate surface area is 178 Å². The zero-order valence-corrected chi connectivity index (χ0v) is 16.8. The molecule has 4 rings (SSSR count). The lowest BCUT2D eigenvalue weighted by Gasteiger charge is -2.34. The highest BCUT2D eigenvalue weighted by Gasteiger charge is 2.27. The first-order chi connectivity index (χ1) is 15.0. The average Bonchev–Trinajstić information content (AvgIpc) is 3.27. The number of hydrogen-bond donors (Lipinski definition) is 1. The van der Waals surface area contributed by atoms with E-state index in [1.165, 1.54) is 12.1 Å². The average molecular weight is 426 g/mol. The summed E-state index contributed by atoms with van der Waals surface area (Å²) in [5, 5.41) is 14.1. The minimum Gasteiger partial charge on any atom is -0.454 e. The van der Waals surface area contributed by atoms with E-state index in [4.69, 9.17) is 9.47 Å². The van der Waals surface area contributed by atoms with E-state index in [1.54, 1.807) is 35.2 Å². The summed E-state index contributed by atoms with van der Waals surface area (Å²) in [4.78, 5) is 39.4. The monoisotopic (exact) mass is 426 g/mol. The molecule has 0 unspecified atom stereocenters. The molecule has 0 aliphatic carbocycles. The molecule has 162 valence electrons. The molecule has 1 N–H and O–H groups in total. The van der Waals surface area contributed by atoms with Gasteiger partial charge in [-0.1, -0.05) is 12.1 Å². The third kappa shape index (κ3) is 4.58. The summed E-state index contributed by atoms with van der Waals surface area (Å²) in [5.41, 5.74) is 0.433. The molecule has 10 nitrogen and oxygen atoms in total. The van der Waals surface area contributed by atoms with Crippen molar-refractivity contribution in [3.05, 3.63) is 63.7 Å². The van der Waals surface area contributed by atoms with Crippen LogP contribution in [0.15, 0.2) is 42.5 Å². The Balaban J connectivity index is 1.24. The first kappa shape index (κ1) is 20.6. The van der Waals surface area contributed by atoms with Crippen LogP contribution in [0.5, 0.6) is 11.5 Å². The van der Waals surface area contributed by atoms with Gasteiger partial charge in [-0.15, -0.1) is 0 Å². The molecule has 0 aromatic heterocycles. The number of nitro groups is 1. The summed E-state index contributed by atoms with van der Waals surface area (Å²) in [6.07, 6.45) is 0. The van der Waals surface area contributed by atoms with E-state index < -0.39 is 4.92 Å². The number of fused-ring (bicyclic) bond motifs is 1. The van der Waals surface area contributed by atoms with Crippen LogP contribution in [0.4, 0.5) is 5.69 Å². The molecule has 2 aliphatic heterocycles. The molecule has 2 aromatic carbocycles. The number of hydrogen-bond acceptors (Lipinski definition) is 7. The Morgan fingerprint density at radius 3 is 2.55 bits per heavy atom. The van der Waals surface area contributed by atoms with Gasteiger partial charge in [-0.25, -0.2) is 0 Å². The third-order valence-corrected chi connectivity index (χ3v) is 5.34. The normalized spacial score (nSPS) is 15.5. The van der Waals surface area contributed by atoms with Crippen LogP contribution in [-0.2, 0) is 0 Å². The van der Waals surface area contributed by atoms with E-state index in [1.807, 2.05) is 0 Å². The molecule has 2 aromatic rings. The SMILES string of the molecule is O=C(NCCN1CCN(C(=O)c2ccccc2[N+](=O)[O-])CC1)c1ccc2c(c1)OCO2. The van der Waals surface area contributed by atoms with Crippen LogP contribution in [-0.4, -0.2) is 72.6 Å². The third-order valence-electron chi connectivity index (χ3n) is 5.34. The van der Waals surface area contributed by atoms with E-state index in [2.05, 4.69) is 10.2 Å². The van der Waals surface area contributed by atoms with E-state index in [0.717, 1.165) is 0 Å². The summed E-state index contributed by atoms with van der Waals surface area (Å²) in [7, 11) is 0. The molecule has 2 heterocycles. The van der Waals surface area contributed by atoms with Crippen molar-refractivity contribution >= 4 is 17.5 Å². The van der Waals surface area contributed by atoms with Gasteiger partial charge >= 0.3 is 0 Å². The lowest BCUT2D eigenvalue weighted by molar-refractivity contribution is -0.385. The molecular weight excluding hydrogens is 404 g/mol. The van der Waals surface area contributed by atoms with Crippen molar-refractivity contribution in [2.45, 2.75) is 0 Å². The van der Waals surface area contributed by atoms with Crippen molar-refractivity contribution in [1.82, 2.24) is 15.1 Å². The van der Waals surface area contributed by atoms with Crippen LogP contribution in [0.2, 0.25) is 0 Å². The molecule has 1 saturated heterocycles. The molecule has 0 spiro atoms. The minimum absolute atomic E-state index is 0.108. The predicted octanol–water partition coefficient (Wildman–Crippen LogP) is 1.51. The first-order valence-electron chi connectivity index (χ1n) is 9.96. The van der Waals surface area contributed by atoms with Crippen LogP contribution < -0.4 is 14.8 Å². The fourth-order valence-electron chi connectivity index (χ4n) is 3.63. The Morgan fingerprint density at radius 2 is 1.77 bits per heavy atom.